The van der Waals surface area contributed by atoms with Gasteiger partial charge in [-0.15, -0.1) is 0 Å². The summed E-state index contributed by atoms with van der Waals surface area (Å²) in [6.07, 6.45) is -3.78. The summed E-state index contributed by atoms with van der Waals surface area (Å²) in [6, 6.07) is 4.32. The summed E-state index contributed by atoms with van der Waals surface area (Å²) in [5, 5.41) is 2.78. The van der Waals surface area contributed by atoms with Gasteiger partial charge in [-0.1, -0.05) is 26.0 Å². The van der Waals surface area contributed by atoms with Crippen LogP contribution in [0.3, 0.4) is 0 Å². The molecule has 0 radical (unpaired) electrons. The van der Waals surface area contributed by atoms with Crippen LogP contribution in [0, 0.1) is 11.8 Å². The highest BCUT2D eigenvalue weighted by atomic mass is 19.4. The quantitative estimate of drug-likeness (QED) is 0.882. The minimum absolute atomic E-state index is 0.0536. The molecule has 1 aromatic carbocycles. The maximum Gasteiger partial charge on any atom is 0.416 e. The molecule has 4 nitrogen and oxygen atoms in total. The summed E-state index contributed by atoms with van der Waals surface area (Å²) in [5.41, 5.74) is 0.0162. The fourth-order valence-electron chi connectivity index (χ4n) is 2.82. The lowest BCUT2D eigenvalue weighted by Gasteiger charge is -2.24. The van der Waals surface area contributed by atoms with Gasteiger partial charge in [0, 0.05) is 20.0 Å². The maximum absolute atomic E-state index is 12.6. The number of benzene rings is 1. The Morgan fingerprint density at radius 1 is 1.16 bits per heavy atom. The molecule has 7 heteroatoms. The zero-order valence-corrected chi connectivity index (χ0v) is 14.7. The summed E-state index contributed by atoms with van der Waals surface area (Å²) >= 11 is 0. The number of carbonyl (C=O) groups is 2. The molecule has 25 heavy (non-hydrogen) atoms. The predicted octanol–water partition coefficient (Wildman–Crippen LogP) is 3.04. The van der Waals surface area contributed by atoms with E-state index in [4.69, 9.17) is 0 Å². The van der Waals surface area contributed by atoms with E-state index in [9.17, 15) is 22.8 Å². The highest BCUT2D eigenvalue weighted by Gasteiger charge is 2.45. The van der Waals surface area contributed by atoms with Crippen molar-refractivity contribution in [3.8, 4) is 0 Å². The van der Waals surface area contributed by atoms with Crippen LogP contribution in [-0.2, 0) is 15.8 Å². The van der Waals surface area contributed by atoms with Gasteiger partial charge in [-0.25, -0.2) is 0 Å². The molecule has 0 saturated heterocycles. The molecule has 2 amide bonds. The van der Waals surface area contributed by atoms with Crippen LogP contribution in [0.5, 0.6) is 0 Å². The first-order chi connectivity index (χ1) is 11.5. The maximum atomic E-state index is 12.6. The first kappa shape index (κ1) is 19.3. The highest BCUT2D eigenvalue weighted by molar-refractivity contribution is 5.90. The molecule has 0 heterocycles. The van der Waals surface area contributed by atoms with Gasteiger partial charge < -0.3 is 10.2 Å². The number of nitrogens with one attached hydrogen (secondary N) is 1. The summed E-state index contributed by atoms with van der Waals surface area (Å²) in [6.45, 7) is 3.71. The Morgan fingerprint density at radius 2 is 1.72 bits per heavy atom. The van der Waals surface area contributed by atoms with Crippen LogP contribution in [0.1, 0.15) is 37.3 Å². The summed E-state index contributed by atoms with van der Waals surface area (Å²) in [4.78, 5) is 26.0. The Bertz CT molecular complexity index is 639. The molecule has 0 aliphatic heterocycles. The molecule has 1 aliphatic rings. The van der Waals surface area contributed by atoms with Crippen molar-refractivity contribution < 1.29 is 22.8 Å². The number of rotatable bonds is 5. The Balaban J connectivity index is 2.00. The summed E-state index contributed by atoms with van der Waals surface area (Å²) < 4.78 is 37.8. The van der Waals surface area contributed by atoms with Crippen LogP contribution < -0.4 is 5.32 Å². The monoisotopic (exact) mass is 356 g/mol. The van der Waals surface area contributed by atoms with Crippen LogP contribution in [0.2, 0.25) is 0 Å². The van der Waals surface area contributed by atoms with E-state index in [1.807, 2.05) is 13.8 Å². The molecule has 1 N–H and O–H groups in total. The number of hydrogen-bond acceptors (Lipinski definition) is 2. The van der Waals surface area contributed by atoms with E-state index in [-0.39, 0.29) is 29.6 Å². The zero-order chi connectivity index (χ0) is 18.9. The molecule has 1 fully saturated rings. The number of hydrogen-bond donors (Lipinski definition) is 1. The van der Waals surface area contributed by atoms with Crippen LogP contribution in [0.15, 0.2) is 24.3 Å². The van der Waals surface area contributed by atoms with Crippen molar-refractivity contribution in [2.75, 3.05) is 14.1 Å². The Morgan fingerprint density at radius 3 is 2.16 bits per heavy atom. The third-order valence-corrected chi connectivity index (χ3v) is 4.46. The van der Waals surface area contributed by atoms with Gasteiger partial charge in [-0.2, -0.15) is 13.2 Å². The van der Waals surface area contributed by atoms with Gasteiger partial charge in [0.25, 0.3) is 0 Å². The lowest BCUT2D eigenvalue weighted by Crippen LogP contribution is -2.49. The summed E-state index contributed by atoms with van der Waals surface area (Å²) in [5.74, 6) is -0.839. The molecule has 1 saturated carbocycles. The van der Waals surface area contributed by atoms with E-state index in [2.05, 4.69) is 5.32 Å². The third kappa shape index (κ3) is 4.52. The fourth-order valence-corrected chi connectivity index (χ4v) is 2.82. The van der Waals surface area contributed by atoms with Gasteiger partial charge >= 0.3 is 6.18 Å². The van der Waals surface area contributed by atoms with Crippen LogP contribution >= 0.6 is 0 Å². The Labute approximate surface area is 145 Å². The van der Waals surface area contributed by atoms with Crippen LogP contribution in [0.25, 0.3) is 0 Å². The van der Waals surface area contributed by atoms with Crippen molar-refractivity contribution in [3.63, 3.8) is 0 Å². The van der Waals surface area contributed by atoms with Crippen molar-refractivity contribution in [1.29, 1.82) is 0 Å². The van der Waals surface area contributed by atoms with Crippen molar-refractivity contribution in [3.05, 3.63) is 35.4 Å². The normalized spacial score (nSPS) is 21.0. The molecule has 138 valence electrons. The smallest absolute Gasteiger partial charge is 0.347 e. The van der Waals surface area contributed by atoms with E-state index in [0.29, 0.717) is 12.0 Å². The van der Waals surface area contributed by atoms with E-state index >= 15 is 0 Å². The van der Waals surface area contributed by atoms with Crippen LogP contribution in [0.4, 0.5) is 13.2 Å². The number of likely N-dealkylation sites (N-methyl/N-ethyl adjacent to an activating group) is 1. The number of alkyl halides is 3. The topological polar surface area (TPSA) is 49.4 Å². The van der Waals surface area contributed by atoms with Gasteiger partial charge in [-0.05, 0) is 36.0 Å². The van der Waals surface area contributed by atoms with Gasteiger partial charge in [0.05, 0.1) is 5.56 Å². The number of nitrogens with zero attached hydrogens (tertiary/aromatic N) is 1. The van der Waals surface area contributed by atoms with Crippen LogP contribution in [-0.4, -0.2) is 36.9 Å². The molecule has 1 aromatic rings. The number of halogens is 3. The second-order valence-electron chi connectivity index (χ2n) is 7.03. The first-order valence-corrected chi connectivity index (χ1v) is 8.21. The van der Waals surface area contributed by atoms with Crippen molar-refractivity contribution >= 4 is 11.8 Å². The lowest BCUT2D eigenvalue weighted by atomic mass is 10.0. The molecule has 0 bridgehead atoms. The molecule has 0 aromatic heterocycles. The van der Waals surface area contributed by atoms with Crippen molar-refractivity contribution in [2.45, 2.75) is 38.4 Å². The minimum atomic E-state index is -4.37. The molecule has 1 aliphatic carbocycles. The highest BCUT2D eigenvalue weighted by Crippen LogP contribution is 2.48. The van der Waals surface area contributed by atoms with Crippen molar-refractivity contribution in [1.82, 2.24) is 10.2 Å². The number of carbonyl (C=O) groups excluding carboxylic acids is 2. The second-order valence-corrected chi connectivity index (χ2v) is 7.03. The first-order valence-electron chi connectivity index (χ1n) is 8.21. The molecular formula is C18H23F3N2O2. The largest absolute Gasteiger partial charge is 0.416 e. The fraction of sp³-hybridized carbons (Fsp3) is 0.556. The van der Waals surface area contributed by atoms with Gasteiger partial charge in [-0.3, -0.25) is 9.59 Å². The number of amides is 2. The lowest BCUT2D eigenvalue weighted by molar-refractivity contribution is -0.137. The molecular weight excluding hydrogens is 333 g/mol. The SMILES string of the molecule is CC(C)[C@H](NC(=O)[C@@H]1C[C@@H]1c1ccc(C(F)(F)F)cc1)C(=O)N(C)C. The second kappa shape index (κ2) is 7.06. The van der Waals surface area contributed by atoms with E-state index < -0.39 is 17.8 Å². The van der Waals surface area contributed by atoms with E-state index in [0.717, 1.165) is 12.1 Å². The Kier molecular flexibility index (Phi) is 5.44. The van der Waals surface area contributed by atoms with Gasteiger partial charge in [0.2, 0.25) is 11.8 Å². The molecule has 0 spiro atoms. The summed E-state index contributed by atoms with van der Waals surface area (Å²) in [7, 11) is 3.26. The minimum Gasteiger partial charge on any atom is -0.347 e. The van der Waals surface area contributed by atoms with Gasteiger partial charge in [0.15, 0.2) is 0 Å². The third-order valence-electron chi connectivity index (χ3n) is 4.46. The molecule has 2 rings (SSSR count). The standard InChI is InChI=1S/C18H23F3N2O2/c1-10(2)15(17(25)23(3)4)22-16(24)14-9-13(14)11-5-7-12(8-6-11)18(19,20)21/h5-8,10,13-15H,9H2,1-4H3,(H,22,24)/t13-,14-,15+/m1/s1. The molecule has 0 unspecified atom stereocenters. The predicted molar refractivity (Wildman–Crippen MR) is 87.8 cm³/mol. The average molecular weight is 356 g/mol. The average Bonchev–Trinajstić information content (AvgIpc) is 3.31. The zero-order valence-electron chi connectivity index (χ0n) is 14.7. The van der Waals surface area contributed by atoms with Crippen molar-refractivity contribution in [2.24, 2.45) is 11.8 Å². The molecule has 3 atom stereocenters. The van der Waals surface area contributed by atoms with Gasteiger partial charge in [0.1, 0.15) is 6.04 Å². The van der Waals surface area contributed by atoms with E-state index in [1.54, 1.807) is 14.1 Å². The van der Waals surface area contributed by atoms with E-state index in [1.165, 1.54) is 17.0 Å². The Hall–Kier alpha value is -2.05.